The maximum atomic E-state index is 12.4. The Kier molecular flexibility index (Phi) is 6.39. The van der Waals surface area contributed by atoms with Crippen molar-refractivity contribution in [1.29, 1.82) is 0 Å². The van der Waals surface area contributed by atoms with Gasteiger partial charge in [-0.1, -0.05) is 12.1 Å². The second kappa shape index (κ2) is 8.96. The Balaban J connectivity index is 2.09. The van der Waals surface area contributed by atoms with E-state index in [-0.39, 0.29) is 37.7 Å². The van der Waals surface area contributed by atoms with Crippen molar-refractivity contribution in [2.45, 2.75) is 25.9 Å². The largest absolute Gasteiger partial charge is 0.491 e. The SMILES string of the molecule is CCOC(=O)c1cc(C(=O)NC)c2c(c1)[C@@H](c1cccc(OCCO)c1)[C@@H](C)O2. The van der Waals surface area contributed by atoms with Crippen LogP contribution in [0.15, 0.2) is 36.4 Å². The number of nitrogens with one attached hydrogen (secondary N) is 1. The highest BCUT2D eigenvalue weighted by molar-refractivity contribution is 6.01. The summed E-state index contributed by atoms with van der Waals surface area (Å²) < 4.78 is 16.7. The molecule has 1 aliphatic heterocycles. The lowest BCUT2D eigenvalue weighted by molar-refractivity contribution is 0.0526. The fourth-order valence-corrected chi connectivity index (χ4v) is 3.57. The summed E-state index contributed by atoms with van der Waals surface area (Å²) in [5.74, 6) is 0.0846. The van der Waals surface area contributed by atoms with Crippen molar-refractivity contribution in [3.05, 3.63) is 58.7 Å². The Bertz CT molecular complexity index is 910. The maximum Gasteiger partial charge on any atom is 0.338 e. The first-order chi connectivity index (χ1) is 14.0. The lowest BCUT2D eigenvalue weighted by Gasteiger charge is -2.17. The highest BCUT2D eigenvalue weighted by Gasteiger charge is 2.37. The van der Waals surface area contributed by atoms with Gasteiger partial charge in [0.1, 0.15) is 24.2 Å². The molecule has 0 bridgehead atoms. The van der Waals surface area contributed by atoms with Gasteiger partial charge in [-0.3, -0.25) is 4.79 Å². The van der Waals surface area contributed by atoms with Crippen molar-refractivity contribution < 1.29 is 28.9 Å². The van der Waals surface area contributed by atoms with Crippen molar-refractivity contribution in [2.24, 2.45) is 0 Å². The quantitative estimate of drug-likeness (QED) is 0.695. The van der Waals surface area contributed by atoms with Crippen LogP contribution < -0.4 is 14.8 Å². The minimum atomic E-state index is -0.487. The molecule has 1 aliphatic rings. The molecule has 1 heterocycles. The van der Waals surface area contributed by atoms with Crippen molar-refractivity contribution in [2.75, 3.05) is 26.9 Å². The number of aliphatic hydroxyl groups excluding tert-OH is 1. The molecule has 1 amide bonds. The lowest BCUT2D eigenvalue weighted by atomic mass is 9.87. The fourth-order valence-electron chi connectivity index (χ4n) is 3.57. The van der Waals surface area contributed by atoms with E-state index >= 15 is 0 Å². The van der Waals surface area contributed by atoms with Gasteiger partial charge >= 0.3 is 5.97 Å². The molecule has 0 spiro atoms. The van der Waals surface area contributed by atoms with Gasteiger partial charge in [0.05, 0.1) is 24.3 Å². The van der Waals surface area contributed by atoms with E-state index in [9.17, 15) is 9.59 Å². The van der Waals surface area contributed by atoms with Crippen LogP contribution in [0.5, 0.6) is 11.5 Å². The predicted molar refractivity (Wildman–Crippen MR) is 107 cm³/mol. The molecule has 154 valence electrons. The molecule has 0 radical (unpaired) electrons. The summed E-state index contributed by atoms with van der Waals surface area (Å²) in [7, 11) is 1.53. The number of benzene rings is 2. The lowest BCUT2D eigenvalue weighted by Crippen LogP contribution is -2.20. The maximum absolute atomic E-state index is 12.4. The van der Waals surface area contributed by atoms with Crippen LogP contribution in [0.1, 0.15) is 51.6 Å². The van der Waals surface area contributed by atoms with Gasteiger partial charge < -0.3 is 24.6 Å². The van der Waals surface area contributed by atoms with Crippen LogP contribution >= 0.6 is 0 Å². The van der Waals surface area contributed by atoms with Crippen LogP contribution in [-0.4, -0.2) is 50.0 Å². The van der Waals surface area contributed by atoms with E-state index in [2.05, 4.69) is 5.32 Å². The molecular formula is C22H25NO6. The van der Waals surface area contributed by atoms with Gasteiger partial charge in [-0.15, -0.1) is 0 Å². The first-order valence-corrected chi connectivity index (χ1v) is 9.57. The smallest absolute Gasteiger partial charge is 0.338 e. The summed E-state index contributed by atoms with van der Waals surface area (Å²) in [5, 5.41) is 11.6. The van der Waals surface area contributed by atoms with Crippen LogP contribution in [-0.2, 0) is 4.74 Å². The third kappa shape index (κ3) is 4.19. The third-order valence-corrected chi connectivity index (χ3v) is 4.79. The van der Waals surface area contributed by atoms with Crippen LogP contribution in [0.2, 0.25) is 0 Å². The van der Waals surface area contributed by atoms with Gasteiger partial charge in [0.25, 0.3) is 5.91 Å². The molecular weight excluding hydrogens is 374 g/mol. The van der Waals surface area contributed by atoms with E-state index in [1.54, 1.807) is 13.0 Å². The van der Waals surface area contributed by atoms with Crippen molar-refractivity contribution >= 4 is 11.9 Å². The van der Waals surface area contributed by atoms with E-state index < -0.39 is 5.97 Å². The summed E-state index contributed by atoms with van der Waals surface area (Å²) in [6.07, 6.45) is -0.251. The highest BCUT2D eigenvalue weighted by Crippen LogP contribution is 2.45. The number of rotatable bonds is 7. The average molecular weight is 399 g/mol. The standard InChI is InChI=1S/C22H25NO6/c1-4-27-22(26)15-11-17-19(14-6-5-7-16(10-14)28-9-8-24)13(2)29-20(17)18(12-15)21(25)23-3/h5-7,10-13,19,24H,4,8-9H2,1-3H3,(H,23,25)/t13-,19-/m1/s1. The Morgan fingerprint density at radius 2 is 2.03 bits per heavy atom. The van der Waals surface area contributed by atoms with Crippen LogP contribution in [0.25, 0.3) is 0 Å². The van der Waals surface area contributed by atoms with Gasteiger partial charge in [-0.05, 0) is 43.7 Å². The van der Waals surface area contributed by atoms with Crippen molar-refractivity contribution in [3.63, 3.8) is 0 Å². The number of ether oxygens (including phenoxy) is 3. The zero-order valence-corrected chi connectivity index (χ0v) is 16.7. The summed E-state index contributed by atoms with van der Waals surface area (Å²) in [5.41, 5.74) is 2.28. The van der Waals surface area contributed by atoms with E-state index in [0.29, 0.717) is 22.6 Å². The van der Waals surface area contributed by atoms with Crippen LogP contribution in [0, 0.1) is 0 Å². The van der Waals surface area contributed by atoms with Gasteiger partial charge in [0.2, 0.25) is 0 Å². The Morgan fingerprint density at radius 3 is 2.72 bits per heavy atom. The number of carbonyl (C=O) groups excluding carboxylic acids is 2. The van der Waals surface area contributed by atoms with E-state index in [1.807, 2.05) is 31.2 Å². The zero-order valence-electron chi connectivity index (χ0n) is 16.7. The molecule has 0 aromatic heterocycles. The molecule has 0 saturated carbocycles. The summed E-state index contributed by atoms with van der Waals surface area (Å²) in [6.45, 7) is 4.02. The minimum Gasteiger partial charge on any atom is -0.491 e. The first-order valence-electron chi connectivity index (χ1n) is 9.57. The van der Waals surface area contributed by atoms with E-state index in [1.165, 1.54) is 13.1 Å². The average Bonchev–Trinajstić information content (AvgIpc) is 3.07. The predicted octanol–water partition coefficient (Wildman–Crippen LogP) is 2.51. The van der Waals surface area contributed by atoms with Gasteiger partial charge in [0, 0.05) is 18.5 Å². The van der Waals surface area contributed by atoms with Crippen LogP contribution in [0.3, 0.4) is 0 Å². The molecule has 0 fully saturated rings. The molecule has 7 nitrogen and oxygen atoms in total. The number of hydrogen-bond acceptors (Lipinski definition) is 6. The number of aliphatic hydroxyl groups is 1. The molecule has 0 saturated heterocycles. The zero-order chi connectivity index (χ0) is 21.0. The number of carbonyl (C=O) groups is 2. The van der Waals surface area contributed by atoms with E-state index in [0.717, 1.165) is 11.1 Å². The third-order valence-electron chi connectivity index (χ3n) is 4.79. The van der Waals surface area contributed by atoms with E-state index in [4.69, 9.17) is 19.3 Å². The molecule has 7 heteroatoms. The topological polar surface area (TPSA) is 94.1 Å². The highest BCUT2D eigenvalue weighted by atomic mass is 16.5. The number of amides is 1. The number of hydrogen-bond donors (Lipinski definition) is 2. The van der Waals surface area contributed by atoms with Crippen molar-refractivity contribution in [3.8, 4) is 11.5 Å². The minimum absolute atomic E-state index is 0.0750. The second-order valence-electron chi connectivity index (χ2n) is 6.69. The normalized spacial score (nSPS) is 17.2. The molecule has 0 aliphatic carbocycles. The molecule has 2 aromatic carbocycles. The first kappa shape index (κ1) is 20.7. The molecule has 2 N–H and O–H groups in total. The molecule has 0 unspecified atom stereocenters. The van der Waals surface area contributed by atoms with Crippen LogP contribution in [0.4, 0.5) is 0 Å². The summed E-state index contributed by atoms with van der Waals surface area (Å²) in [4.78, 5) is 24.8. The van der Waals surface area contributed by atoms with Gasteiger partial charge in [-0.2, -0.15) is 0 Å². The second-order valence-corrected chi connectivity index (χ2v) is 6.69. The Hall–Kier alpha value is -3.06. The van der Waals surface area contributed by atoms with Crippen molar-refractivity contribution in [1.82, 2.24) is 5.32 Å². The molecule has 2 aromatic rings. The van der Waals surface area contributed by atoms with Gasteiger partial charge in [0.15, 0.2) is 0 Å². The summed E-state index contributed by atoms with van der Waals surface area (Å²) in [6, 6.07) is 10.7. The number of fused-ring (bicyclic) bond motifs is 1. The Morgan fingerprint density at radius 1 is 1.24 bits per heavy atom. The van der Waals surface area contributed by atoms with Gasteiger partial charge in [-0.25, -0.2) is 4.79 Å². The fraction of sp³-hybridized carbons (Fsp3) is 0.364. The molecule has 3 rings (SSSR count). The molecule has 29 heavy (non-hydrogen) atoms. The summed E-state index contributed by atoms with van der Waals surface area (Å²) >= 11 is 0. The number of esters is 1. The Labute approximate surface area is 169 Å². The monoisotopic (exact) mass is 399 g/mol. The molecule has 2 atom stereocenters.